The van der Waals surface area contributed by atoms with Gasteiger partial charge in [0.05, 0.1) is 12.3 Å². The van der Waals surface area contributed by atoms with E-state index in [4.69, 9.17) is 0 Å². The molecule has 0 aliphatic heterocycles. The standard InChI is InChI=1S/C11H10BrF2N3O/c1-2-10(18)9-5-17(16-15-9)11-7(12)3-6(13)4-8(11)14/h3-5,10,18H,2H2,1H3. The summed E-state index contributed by atoms with van der Waals surface area (Å²) in [5, 5.41) is 17.1. The first-order valence-corrected chi connectivity index (χ1v) is 6.07. The van der Waals surface area contributed by atoms with E-state index in [1.165, 1.54) is 6.20 Å². The summed E-state index contributed by atoms with van der Waals surface area (Å²) in [4.78, 5) is 0. The third-order valence-corrected chi connectivity index (χ3v) is 3.05. The number of aliphatic hydroxyl groups excluding tert-OH is 1. The van der Waals surface area contributed by atoms with Crippen molar-refractivity contribution in [2.75, 3.05) is 0 Å². The van der Waals surface area contributed by atoms with Crippen LogP contribution in [0.3, 0.4) is 0 Å². The fourth-order valence-electron chi connectivity index (χ4n) is 1.50. The summed E-state index contributed by atoms with van der Waals surface area (Å²) >= 11 is 3.07. The molecular weight excluding hydrogens is 308 g/mol. The lowest BCUT2D eigenvalue weighted by molar-refractivity contribution is 0.169. The van der Waals surface area contributed by atoms with E-state index in [0.717, 1.165) is 16.8 Å². The van der Waals surface area contributed by atoms with Gasteiger partial charge < -0.3 is 5.11 Å². The first-order valence-electron chi connectivity index (χ1n) is 5.28. The monoisotopic (exact) mass is 317 g/mol. The Balaban J connectivity index is 2.46. The van der Waals surface area contributed by atoms with Crippen molar-refractivity contribution in [3.05, 3.63) is 40.1 Å². The molecule has 1 unspecified atom stereocenters. The summed E-state index contributed by atoms with van der Waals surface area (Å²) in [6.07, 6.45) is 1.14. The molecule has 1 aromatic heterocycles. The molecule has 7 heteroatoms. The van der Waals surface area contributed by atoms with Crippen molar-refractivity contribution in [2.45, 2.75) is 19.4 Å². The van der Waals surface area contributed by atoms with E-state index >= 15 is 0 Å². The summed E-state index contributed by atoms with van der Waals surface area (Å²) in [5.74, 6) is -1.44. The molecule has 1 atom stereocenters. The molecule has 1 aromatic carbocycles. The Morgan fingerprint density at radius 3 is 2.78 bits per heavy atom. The lowest BCUT2D eigenvalue weighted by Crippen LogP contribution is -2.01. The lowest BCUT2D eigenvalue weighted by atomic mass is 10.2. The van der Waals surface area contributed by atoms with Crippen LogP contribution in [0.2, 0.25) is 0 Å². The van der Waals surface area contributed by atoms with Crippen LogP contribution < -0.4 is 0 Å². The van der Waals surface area contributed by atoms with Gasteiger partial charge >= 0.3 is 0 Å². The van der Waals surface area contributed by atoms with E-state index in [2.05, 4.69) is 26.2 Å². The predicted molar refractivity (Wildman–Crippen MR) is 64.2 cm³/mol. The Morgan fingerprint density at radius 1 is 1.44 bits per heavy atom. The maximum absolute atomic E-state index is 13.7. The van der Waals surface area contributed by atoms with E-state index in [-0.39, 0.29) is 10.2 Å². The molecule has 0 saturated heterocycles. The molecule has 0 radical (unpaired) electrons. The minimum absolute atomic E-state index is 0.0541. The molecular formula is C11H10BrF2N3O. The maximum Gasteiger partial charge on any atom is 0.152 e. The molecule has 0 fully saturated rings. The first kappa shape index (κ1) is 13.1. The minimum atomic E-state index is -0.760. The fourth-order valence-corrected chi connectivity index (χ4v) is 2.09. The zero-order chi connectivity index (χ0) is 13.3. The number of rotatable bonds is 3. The normalized spacial score (nSPS) is 12.7. The quantitative estimate of drug-likeness (QED) is 0.947. The van der Waals surface area contributed by atoms with Crippen LogP contribution in [0.25, 0.3) is 5.69 Å². The fraction of sp³-hybridized carbons (Fsp3) is 0.273. The summed E-state index contributed by atoms with van der Waals surface area (Å²) in [7, 11) is 0. The van der Waals surface area contributed by atoms with E-state index in [0.29, 0.717) is 12.1 Å². The van der Waals surface area contributed by atoms with Crippen LogP contribution in [-0.2, 0) is 0 Å². The smallest absolute Gasteiger partial charge is 0.152 e. The van der Waals surface area contributed by atoms with Crippen LogP contribution in [0.4, 0.5) is 8.78 Å². The molecule has 2 rings (SSSR count). The molecule has 0 spiro atoms. The topological polar surface area (TPSA) is 50.9 Å². The largest absolute Gasteiger partial charge is 0.387 e. The average Bonchev–Trinajstić information content (AvgIpc) is 2.76. The molecule has 1 N–H and O–H groups in total. The molecule has 96 valence electrons. The molecule has 18 heavy (non-hydrogen) atoms. The predicted octanol–water partition coefficient (Wildman–Crippen LogP) is 2.75. The highest BCUT2D eigenvalue weighted by Gasteiger charge is 2.16. The van der Waals surface area contributed by atoms with Gasteiger partial charge in [0.15, 0.2) is 5.82 Å². The van der Waals surface area contributed by atoms with Crippen LogP contribution in [-0.4, -0.2) is 20.1 Å². The number of hydrogen-bond donors (Lipinski definition) is 1. The van der Waals surface area contributed by atoms with E-state index in [1.807, 2.05) is 0 Å². The molecule has 4 nitrogen and oxygen atoms in total. The third-order valence-electron chi connectivity index (χ3n) is 2.45. The van der Waals surface area contributed by atoms with Crippen LogP contribution in [0.15, 0.2) is 22.8 Å². The number of aliphatic hydroxyl groups is 1. The van der Waals surface area contributed by atoms with Gasteiger partial charge in [-0.05, 0) is 28.4 Å². The minimum Gasteiger partial charge on any atom is -0.387 e. The van der Waals surface area contributed by atoms with Gasteiger partial charge in [0.2, 0.25) is 0 Å². The Kier molecular flexibility index (Phi) is 3.72. The van der Waals surface area contributed by atoms with Gasteiger partial charge in [-0.2, -0.15) is 0 Å². The first-order chi connectivity index (χ1) is 8.52. The van der Waals surface area contributed by atoms with Gasteiger partial charge in [-0.3, -0.25) is 0 Å². The molecule has 1 heterocycles. The molecule has 0 bridgehead atoms. The second kappa shape index (κ2) is 5.11. The summed E-state index contributed by atoms with van der Waals surface area (Å²) in [6.45, 7) is 1.79. The average molecular weight is 318 g/mol. The Morgan fingerprint density at radius 2 is 2.17 bits per heavy atom. The van der Waals surface area contributed by atoms with Crippen molar-refractivity contribution in [1.82, 2.24) is 15.0 Å². The van der Waals surface area contributed by atoms with Crippen molar-refractivity contribution < 1.29 is 13.9 Å². The molecule has 0 saturated carbocycles. The number of aromatic nitrogens is 3. The highest BCUT2D eigenvalue weighted by Crippen LogP contribution is 2.25. The van der Waals surface area contributed by atoms with Crippen LogP contribution in [0.5, 0.6) is 0 Å². The Hall–Kier alpha value is -1.34. The van der Waals surface area contributed by atoms with Gasteiger partial charge in [0, 0.05) is 10.5 Å². The molecule has 0 aliphatic carbocycles. The van der Waals surface area contributed by atoms with E-state index in [1.54, 1.807) is 6.92 Å². The molecule has 0 amide bonds. The summed E-state index contributed by atoms with van der Waals surface area (Å²) in [5.41, 5.74) is 0.395. The van der Waals surface area contributed by atoms with Crippen molar-refractivity contribution in [1.29, 1.82) is 0 Å². The van der Waals surface area contributed by atoms with Crippen LogP contribution in [0.1, 0.15) is 25.1 Å². The maximum atomic E-state index is 13.7. The second-order valence-electron chi connectivity index (χ2n) is 3.73. The van der Waals surface area contributed by atoms with Crippen molar-refractivity contribution in [3.8, 4) is 5.69 Å². The van der Waals surface area contributed by atoms with Gasteiger partial charge in [-0.1, -0.05) is 12.1 Å². The molecule has 0 aliphatic rings. The zero-order valence-electron chi connectivity index (χ0n) is 9.44. The van der Waals surface area contributed by atoms with E-state index in [9.17, 15) is 13.9 Å². The van der Waals surface area contributed by atoms with Crippen LogP contribution in [0, 0.1) is 11.6 Å². The lowest BCUT2D eigenvalue weighted by Gasteiger charge is -2.05. The second-order valence-corrected chi connectivity index (χ2v) is 4.58. The Labute approximate surface area is 110 Å². The van der Waals surface area contributed by atoms with Crippen LogP contribution >= 0.6 is 15.9 Å². The number of hydrogen-bond acceptors (Lipinski definition) is 3. The zero-order valence-corrected chi connectivity index (χ0v) is 11.0. The number of nitrogens with zero attached hydrogens (tertiary/aromatic N) is 3. The van der Waals surface area contributed by atoms with Crippen molar-refractivity contribution in [2.24, 2.45) is 0 Å². The number of halogens is 3. The number of benzene rings is 1. The summed E-state index contributed by atoms with van der Waals surface area (Å²) in [6, 6.07) is 1.90. The molecule has 2 aromatic rings. The van der Waals surface area contributed by atoms with Gasteiger partial charge in [0.25, 0.3) is 0 Å². The van der Waals surface area contributed by atoms with Gasteiger partial charge in [-0.15, -0.1) is 5.10 Å². The highest BCUT2D eigenvalue weighted by atomic mass is 79.9. The Bertz CT molecular complexity index is 550. The third kappa shape index (κ3) is 2.41. The van der Waals surface area contributed by atoms with Gasteiger partial charge in [0.1, 0.15) is 17.2 Å². The van der Waals surface area contributed by atoms with E-state index < -0.39 is 17.7 Å². The highest BCUT2D eigenvalue weighted by molar-refractivity contribution is 9.10. The van der Waals surface area contributed by atoms with Crippen molar-refractivity contribution >= 4 is 15.9 Å². The van der Waals surface area contributed by atoms with Crippen molar-refractivity contribution in [3.63, 3.8) is 0 Å². The van der Waals surface area contributed by atoms with Gasteiger partial charge in [-0.25, -0.2) is 13.5 Å². The summed E-state index contributed by atoms with van der Waals surface area (Å²) < 4.78 is 28.0. The SMILES string of the molecule is CCC(O)c1cn(-c2c(F)cc(F)cc2Br)nn1.